The Morgan fingerprint density at radius 2 is 1.34 bits per heavy atom. The van der Waals surface area contributed by atoms with E-state index in [1.54, 1.807) is 0 Å². The molecule has 0 saturated heterocycles. The van der Waals surface area contributed by atoms with Gasteiger partial charge in [0.15, 0.2) is 0 Å². The predicted octanol–water partition coefficient (Wildman–Crippen LogP) is 5.77. The quantitative estimate of drug-likeness (QED) is 0.123. The number of cyclic esters (lactones) is 1. The van der Waals surface area contributed by atoms with Crippen molar-refractivity contribution in [2.45, 2.75) is 57.2 Å². The van der Waals surface area contributed by atoms with Gasteiger partial charge in [-0.2, -0.15) is 0 Å². The first-order valence-corrected chi connectivity index (χ1v) is 17.3. The maximum absolute atomic E-state index is 13.7. The van der Waals surface area contributed by atoms with Gasteiger partial charge >= 0.3 is 5.97 Å². The van der Waals surface area contributed by atoms with Crippen LogP contribution in [0.2, 0.25) is 0 Å². The molecule has 2 amide bonds. The fourth-order valence-electron chi connectivity index (χ4n) is 6.05. The number of carbonyl (C=O) groups excluding carboxylic acids is 3. The SMILES string of the molecule is O=C(C[C@H]1CC=CC[C@@H](Cc2ccccc2)C(=O)OC[C@H](Cc2ccc(OCc3ccccc3)cc2)NC1=O)N[C@@H](CO)Cc1ccccc1. The molecule has 1 aliphatic rings. The highest BCUT2D eigenvalue weighted by Gasteiger charge is 2.27. The van der Waals surface area contributed by atoms with Gasteiger partial charge in [0.05, 0.1) is 30.5 Å². The molecule has 0 bridgehead atoms. The third-order valence-electron chi connectivity index (χ3n) is 8.81. The van der Waals surface area contributed by atoms with E-state index in [0.717, 1.165) is 28.0 Å². The highest BCUT2D eigenvalue weighted by Crippen LogP contribution is 2.20. The minimum atomic E-state index is -0.652. The van der Waals surface area contributed by atoms with Crippen LogP contribution in [0.4, 0.5) is 0 Å². The third-order valence-corrected chi connectivity index (χ3v) is 8.81. The molecule has 0 unspecified atom stereocenters. The molecule has 4 atom stereocenters. The van der Waals surface area contributed by atoms with Gasteiger partial charge in [-0.25, -0.2) is 0 Å². The Kier molecular flexibility index (Phi) is 13.8. The maximum atomic E-state index is 13.7. The fraction of sp³-hybridized carbons (Fsp3) is 0.310. The van der Waals surface area contributed by atoms with Crippen molar-refractivity contribution in [2.24, 2.45) is 11.8 Å². The minimum absolute atomic E-state index is 0.00554. The average Bonchev–Trinajstić information content (AvgIpc) is 3.14. The predicted molar refractivity (Wildman–Crippen MR) is 193 cm³/mol. The lowest BCUT2D eigenvalue weighted by Gasteiger charge is -2.25. The Morgan fingerprint density at radius 1 is 0.760 bits per heavy atom. The summed E-state index contributed by atoms with van der Waals surface area (Å²) in [6.45, 7) is 0.228. The van der Waals surface area contributed by atoms with E-state index in [9.17, 15) is 19.5 Å². The van der Waals surface area contributed by atoms with Crippen molar-refractivity contribution in [1.82, 2.24) is 10.6 Å². The number of nitrogens with one attached hydrogen (secondary N) is 2. The second-order valence-electron chi connectivity index (χ2n) is 12.8. The zero-order valence-electron chi connectivity index (χ0n) is 28.3. The lowest BCUT2D eigenvalue weighted by Crippen LogP contribution is -2.46. The molecule has 3 N–H and O–H groups in total. The fourth-order valence-corrected chi connectivity index (χ4v) is 6.05. The van der Waals surface area contributed by atoms with Crippen molar-refractivity contribution in [1.29, 1.82) is 0 Å². The van der Waals surface area contributed by atoms with Crippen LogP contribution in [0.3, 0.4) is 0 Å². The second-order valence-corrected chi connectivity index (χ2v) is 12.8. The second kappa shape index (κ2) is 19.1. The number of benzene rings is 4. The molecule has 260 valence electrons. The first kappa shape index (κ1) is 36.1. The Morgan fingerprint density at radius 3 is 1.98 bits per heavy atom. The summed E-state index contributed by atoms with van der Waals surface area (Å²) in [6, 6.07) is 36.1. The molecule has 0 aromatic heterocycles. The number of hydrogen-bond donors (Lipinski definition) is 3. The van der Waals surface area contributed by atoms with Gasteiger partial charge in [0, 0.05) is 6.42 Å². The summed E-state index contributed by atoms with van der Waals surface area (Å²) in [5.41, 5.74) is 4.04. The minimum Gasteiger partial charge on any atom is -0.489 e. The maximum Gasteiger partial charge on any atom is 0.309 e. The van der Waals surface area contributed by atoms with Gasteiger partial charge in [-0.05, 0) is 66.5 Å². The summed E-state index contributed by atoms with van der Waals surface area (Å²) in [5, 5.41) is 16.0. The molecule has 0 radical (unpaired) electrons. The van der Waals surface area contributed by atoms with Crippen LogP contribution in [0.25, 0.3) is 0 Å². The van der Waals surface area contributed by atoms with Gasteiger partial charge in [-0.1, -0.05) is 115 Å². The molecule has 0 spiro atoms. The normalized spacial score (nSPS) is 18.9. The Hall–Kier alpha value is -5.21. The molecule has 0 aliphatic carbocycles. The lowest BCUT2D eigenvalue weighted by molar-refractivity contribution is -0.150. The number of carbonyl (C=O) groups is 3. The van der Waals surface area contributed by atoms with Gasteiger partial charge in [0.1, 0.15) is 19.0 Å². The topological polar surface area (TPSA) is 114 Å². The van der Waals surface area contributed by atoms with Crippen LogP contribution in [-0.2, 0) is 45.0 Å². The van der Waals surface area contributed by atoms with E-state index in [1.165, 1.54) is 0 Å². The first-order valence-electron chi connectivity index (χ1n) is 17.3. The van der Waals surface area contributed by atoms with E-state index in [1.807, 2.05) is 127 Å². The molecule has 0 fully saturated rings. The highest BCUT2D eigenvalue weighted by molar-refractivity contribution is 5.86. The van der Waals surface area contributed by atoms with Crippen molar-refractivity contribution in [3.05, 3.63) is 150 Å². The number of amides is 2. The number of rotatable bonds is 13. The van der Waals surface area contributed by atoms with Crippen LogP contribution in [0.1, 0.15) is 41.5 Å². The molecule has 1 aliphatic heterocycles. The third kappa shape index (κ3) is 11.7. The number of aliphatic hydroxyl groups excluding tert-OH is 1. The van der Waals surface area contributed by atoms with Gasteiger partial charge in [-0.15, -0.1) is 0 Å². The molecule has 5 rings (SSSR count). The van der Waals surface area contributed by atoms with Crippen molar-refractivity contribution >= 4 is 17.8 Å². The highest BCUT2D eigenvalue weighted by atomic mass is 16.5. The molecule has 8 nitrogen and oxygen atoms in total. The van der Waals surface area contributed by atoms with Gasteiger partial charge in [-0.3, -0.25) is 14.4 Å². The molecular weight excluding hydrogens is 628 g/mol. The van der Waals surface area contributed by atoms with Gasteiger partial charge in [0.25, 0.3) is 0 Å². The standard InChI is InChI=1S/C42H46N2O6/c45-28-37(25-32-14-6-2-7-15-32)43-40(46)27-35-18-10-11-19-36(24-31-12-4-1-5-13-31)42(48)50-30-38(44-41(35)47)26-33-20-22-39(23-21-33)49-29-34-16-8-3-9-17-34/h1-17,20-23,35-38,45H,18-19,24-30H2,(H,43,46)(H,44,47)/t35-,36+,37-,38+/m1/s1. The molecular formula is C42H46N2O6. The van der Waals surface area contributed by atoms with Crippen LogP contribution >= 0.6 is 0 Å². The summed E-state index contributed by atoms with van der Waals surface area (Å²) >= 11 is 0. The van der Waals surface area contributed by atoms with Crippen LogP contribution in [-0.4, -0.2) is 48.2 Å². The monoisotopic (exact) mass is 674 g/mol. The van der Waals surface area contributed by atoms with Crippen LogP contribution in [0.15, 0.2) is 127 Å². The van der Waals surface area contributed by atoms with Crippen LogP contribution < -0.4 is 15.4 Å². The molecule has 1 heterocycles. The summed E-state index contributed by atoms with van der Waals surface area (Å²) < 4.78 is 11.8. The molecule has 50 heavy (non-hydrogen) atoms. The van der Waals surface area contributed by atoms with Gasteiger partial charge in [0.2, 0.25) is 11.8 Å². The van der Waals surface area contributed by atoms with E-state index < -0.39 is 23.9 Å². The summed E-state index contributed by atoms with van der Waals surface area (Å²) in [7, 11) is 0. The van der Waals surface area contributed by atoms with E-state index >= 15 is 0 Å². The van der Waals surface area contributed by atoms with Crippen molar-refractivity contribution in [2.75, 3.05) is 13.2 Å². The van der Waals surface area contributed by atoms with E-state index in [2.05, 4.69) is 10.6 Å². The zero-order valence-corrected chi connectivity index (χ0v) is 28.3. The van der Waals surface area contributed by atoms with Gasteiger partial charge < -0.3 is 25.2 Å². The first-order chi connectivity index (χ1) is 24.4. The smallest absolute Gasteiger partial charge is 0.309 e. The Balaban J connectivity index is 1.28. The van der Waals surface area contributed by atoms with Crippen molar-refractivity contribution < 1.29 is 29.0 Å². The van der Waals surface area contributed by atoms with Crippen molar-refractivity contribution in [3.8, 4) is 5.75 Å². The zero-order chi connectivity index (χ0) is 35.0. The largest absolute Gasteiger partial charge is 0.489 e. The average molecular weight is 675 g/mol. The van der Waals surface area contributed by atoms with Crippen LogP contribution in [0.5, 0.6) is 5.75 Å². The summed E-state index contributed by atoms with van der Waals surface area (Å²) in [4.78, 5) is 40.3. The number of ether oxygens (including phenoxy) is 2. The number of aliphatic hydroxyl groups is 1. The summed E-state index contributed by atoms with van der Waals surface area (Å²) in [5.74, 6) is -1.23. The molecule has 4 aromatic rings. The number of esters is 1. The van der Waals surface area contributed by atoms with E-state index in [0.29, 0.717) is 38.7 Å². The van der Waals surface area contributed by atoms with E-state index in [4.69, 9.17) is 9.47 Å². The van der Waals surface area contributed by atoms with Crippen LogP contribution in [0, 0.1) is 11.8 Å². The Bertz CT molecular complexity index is 1660. The lowest BCUT2D eigenvalue weighted by atomic mass is 9.94. The number of allylic oxidation sites excluding steroid dienone is 2. The summed E-state index contributed by atoms with van der Waals surface area (Å²) in [6.07, 6.45) is 5.94. The molecule has 8 heteroatoms. The number of hydrogen-bond acceptors (Lipinski definition) is 6. The van der Waals surface area contributed by atoms with E-state index in [-0.39, 0.29) is 37.4 Å². The molecule has 4 aromatic carbocycles. The Labute approximate surface area is 294 Å². The van der Waals surface area contributed by atoms with Crippen molar-refractivity contribution in [3.63, 3.8) is 0 Å². The molecule has 0 saturated carbocycles.